The van der Waals surface area contributed by atoms with Crippen molar-refractivity contribution in [1.29, 1.82) is 0 Å². The molecule has 0 aliphatic carbocycles. The van der Waals surface area contributed by atoms with E-state index in [-0.39, 0.29) is 18.4 Å². The van der Waals surface area contributed by atoms with E-state index < -0.39 is 0 Å². The van der Waals surface area contributed by atoms with Crippen molar-refractivity contribution >= 4 is 50.9 Å². The van der Waals surface area contributed by atoms with E-state index in [1.165, 1.54) is 6.07 Å². The summed E-state index contributed by atoms with van der Waals surface area (Å²) in [6, 6.07) is 18.7. The number of nitrogens with one attached hydrogen (secondary N) is 1. The minimum absolute atomic E-state index is 0.137. The van der Waals surface area contributed by atoms with Gasteiger partial charge in [0.15, 0.2) is 0 Å². The molecule has 150 valence electrons. The molecule has 3 rings (SSSR count). The average Bonchev–Trinajstić information content (AvgIpc) is 2.67. The Morgan fingerprint density at radius 1 is 1.00 bits per heavy atom. The van der Waals surface area contributed by atoms with Crippen molar-refractivity contribution in [1.82, 2.24) is 4.90 Å². The van der Waals surface area contributed by atoms with Gasteiger partial charge in [-0.25, -0.2) is 9.18 Å². The van der Waals surface area contributed by atoms with Gasteiger partial charge < -0.3 is 10.2 Å². The van der Waals surface area contributed by atoms with E-state index in [4.69, 9.17) is 23.2 Å². The molecule has 0 spiro atoms. The number of anilines is 1. The molecule has 3 aromatic carbocycles. The Balaban J connectivity index is 1.78. The summed E-state index contributed by atoms with van der Waals surface area (Å²) in [5.74, 6) is -0.350. The van der Waals surface area contributed by atoms with Crippen molar-refractivity contribution in [2.75, 3.05) is 11.9 Å². The predicted molar refractivity (Wildman–Crippen MR) is 120 cm³/mol. The lowest BCUT2D eigenvalue weighted by Crippen LogP contribution is -2.36. The number of benzene rings is 3. The molecule has 7 heteroatoms. The van der Waals surface area contributed by atoms with E-state index >= 15 is 0 Å². The molecule has 0 aliphatic rings. The maximum absolute atomic E-state index is 14.2. The van der Waals surface area contributed by atoms with Gasteiger partial charge in [-0.05, 0) is 48.4 Å². The maximum Gasteiger partial charge on any atom is 0.322 e. The van der Waals surface area contributed by atoms with Gasteiger partial charge in [-0.15, -0.1) is 0 Å². The lowest BCUT2D eigenvalue weighted by atomic mass is 10.1. The molecule has 0 unspecified atom stereocenters. The van der Waals surface area contributed by atoms with Crippen LogP contribution in [0.4, 0.5) is 14.9 Å². The number of carbonyl (C=O) groups is 1. The van der Waals surface area contributed by atoms with E-state index in [1.54, 1.807) is 47.4 Å². The van der Waals surface area contributed by atoms with Gasteiger partial charge >= 0.3 is 6.03 Å². The smallest absolute Gasteiger partial charge is 0.320 e. The van der Waals surface area contributed by atoms with Crippen molar-refractivity contribution < 1.29 is 9.18 Å². The summed E-state index contributed by atoms with van der Waals surface area (Å²) >= 11 is 15.6. The molecule has 3 nitrogen and oxygen atoms in total. The lowest BCUT2D eigenvalue weighted by molar-refractivity contribution is 0.209. The highest BCUT2D eigenvalue weighted by atomic mass is 79.9. The van der Waals surface area contributed by atoms with Crippen molar-refractivity contribution in [3.8, 4) is 0 Å². The highest BCUT2D eigenvalue weighted by molar-refractivity contribution is 9.10. The van der Waals surface area contributed by atoms with Crippen molar-refractivity contribution in [3.05, 3.63) is 98.2 Å². The van der Waals surface area contributed by atoms with Crippen LogP contribution in [0, 0.1) is 5.82 Å². The minimum Gasteiger partial charge on any atom is -0.320 e. The summed E-state index contributed by atoms with van der Waals surface area (Å²) in [7, 11) is 0. The molecule has 0 aromatic heterocycles. The Morgan fingerprint density at radius 2 is 1.79 bits per heavy atom. The van der Waals surface area contributed by atoms with Crippen LogP contribution in [0.15, 0.2) is 71.2 Å². The van der Waals surface area contributed by atoms with E-state index in [2.05, 4.69) is 21.2 Å². The van der Waals surface area contributed by atoms with Crippen LogP contribution in [-0.4, -0.2) is 17.5 Å². The molecule has 0 radical (unpaired) electrons. The summed E-state index contributed by atoms with van der Waals surface area (Å²) in [6.45, 7) is 0.493. The molecular formula is C22H18BrCl2FN2O. The number of carbonyl (C=O) groups excluding carboxylic acids is 1. The molecule has 0 bridgehead atoms. The second kappa shape index (κ2) is 10.1. The van der Waals surface area contributed by atoms with Gasteiger partial charge in [-0.1, -0.05) is 69.5 Å². The number of halogens is 4. The molecule has 2 amide bonds. The zero-order chi connectivity index (χ0) is 20.8. The fourth-order valence-corrected chi connectivity index (χ4v) is 3.74. The average molecular weight is 496 g/mol. The molecule has 1 N–H and O–H groups in total. The number of urea groups is 1. The third kappa shape index (κ3) is 6.20. The zero-order valence-corrected chi connectivity index (χ0v) is 18.4. The van der Waals surface area contributed by atoms with Gasteiger partial charge in [0.2, 0.25) is 0 Å². The van der Waals surface area contributed by atoms with E-state index in [0.29, 0.717) is 34.3 Å². The Bertz CT molecular complexity index is 1020. The third-order valence-electron chi connectivity index (χ3n) is 4.35. The van der Waals surface area contributed by atoms with Crippen LogP contribution in [0.3, 0.4) is 0 Å². The zero-order valence-electron chi connectivity index (χ0n) is 15.3. The minimum atomic E-state index is -0.350. The fraction of sp³-hybridized carbons (Fsp3) is 0.136. The topological polar surface area (TPSA) is 32.3 Å². The lowest BCUT2D eigenvalue weighted by Gasteiger charge is -2.24. The summed E-state index contributed by atoms with van der Waals surface area (Å²) in [6.07, 6.45) is 0.510. The van der Waals surface area contributed by atoms with E-state index in [0.717, 1.165) is 10.0 Å². The number of hydrogen-bond acceptors (Lipinski definition) is 1. The third-order valence-corrected chi connectivity index (χ3v) is 5.43. The van der Waals surface area contributed by atoms with Crippen LogP contribution in [0.2, 0.25) is 10.0 Å². The number of hydrogen-bond donors (Lipinski definition) is 1. The van der Waals surface area contributed by atoms with Crippen molar-refractivity contribution in [2.45, 2.75) is 13.0 Å². The van der Waals surface area contributed by atoms with Crippen LogP contribution < -0.4 is 5.32 Å². The van der Waals surface area contributed by atoms with Gasteiger partial charge in [0.1, 0.15) is 5.82 Å². The fourth-order valence-electron chi connectivity index (χ4n) is 2.83. The monoisotopic (exact) mass is 494 g/mol. The molecule has 0 heterocycles. The molecule has 29 heavy (non-hydrogen) atoms. The second-order valence-corrected chi connectivity index (χ2v) is 8.20. The molecule has 0 aliphatic heterocycles. The highest BCUT2D eigenvalue weighted by Crippen LogP contribution is 2.22. The molecule has 0 fully saturated rings. The Morgan fingerprint density at radius 3 is 2.52 bits per heavy atom. The first-order chi connectivity index (χ1) is 13.9. The van der Waals surface area contributed by atoms with Gasteiger partial charge in [0.05, 0.1) is 6.54 Å². The summed E-state index contributed by atoms with van der Waals surface area (Å²) in [5.41, 5.74) is 1.95. The van der Waals surface area contributed by atoms with Crippen LogP contribution in [-0.2, 0) is 13.0 Å². The standard InChI is InChI=1S/C22H18BrCl2FN2O/c23-17-5-3-6-19(12-17)27-22(29)28(14-16-4-1-2-7-21(16)26)11-10-15-8-9-18(24)13-20(15)25/h1-9,12-13H,10-11,14H2,(H,27,29). The van der Waals surface area contributed by atoms with E-state index in [1.807, 2.05) is 18.2 Å². The highest BCUT2D eigenvalue weighted by Gasteiger charge is 2.17. The number of nitrogens with zero attached hydrogens (tertiary/aromatic N) is 1. The van der Waals surface area contributed by atoms with Gasteiger partial charge in [0, 0.05) is 32.3 Å². The molecular weight excluding hydrogens is 478 g/mol. The first kappa shape index (κ1) is 21.6. The number of rotatable bonds is 6. The van der Waals surface area contributed by atoms with E-state index in [9.17, 15) is 9.18 Å². The van der Waals surface area contributed by atoms with Gasteiger partial charge in [-0.2, -0.15) is 0 Å². The summed E-state index contributed by atoms with van der Waals surface area (Å²) in [5, 5.41) is 3.95. The molecule has 3 aromatic rings. The van der Waals surface area contributed by atoms with Gasteiger partial charge in [0.25, 0.3) is 0 Å². The van der Waals surface area contributed by atoms with Crippen LogP contribution in [0.25, 0.3) is 0 Å². The van der Waals surface area contributed by atoms with Crippen molar-refractivity contribution in [3.63, 3.8) is 0 Å². The Kier molecular flexibility index (Phi) is 7.53. The van der Waals surface area contributed by atoms with Crippen LogP contribution in [0.1, 0.15) is 11.1 Å². The largest absolute Gasteiger partial charge is 0.322 e. The maximum atomic E-state index is 14.2. The molecule has 0 atom stereocenters. The summed E-state index contributed by atoms with van der Waals surface area (Å²) < 4.78 is 15.0. The molecule has 0 saturated carbocycles. The molecule has 0 saturated heterocycles. The first-order valence-corrected chi connectivity index (χ1v) is 10.5. The van der Waals surface area contributed by atoms with Gasteiger partial charge in [-0.3, -0.25) is 0 Å². The quantitative estimate of drug-likeness (QED) is 0.386. The first-order valence-electron chi connectivity index (χ1n) is 8.91. The van der Waals surface area contributed by atoms with Crippen LogP contribution in [0.5, 0.6) is 0 Å². The van der Waals surface area contributed by atoms with Crippen LogP contribution >= 0.6 is 39.1 Å². The predicted octanol–water partition coefficient (Wildman–Crippen LogP) is 7.17. The Labute approximate surface area is 187 Å². The normalized spacial score (nSPS) is 10.6. The SMILES string of the molecule is O=C(Nc1cccc(Br)c1)N(CCc1ccc(Cl)cc1Cl)Cc1ccccc1F. The summed E-state index contributed by atoms with van der Waals surface area (Å²) in [4.78, 5) is 14.5. The second-order valence-electron chi connectivity index (χ2n) is 6.44. The van der Waals surface area contributed by atoms with Crippen molar-refractivity contribution in [2.24, 2.45) is 0 Å². The number of amides is 2. The Hall–Kier alpha value is -2.08.